The van der Waals surface area contributed by atoms with E-state index in [1.807, 2.05) is 0 Å². The van der Waals surface area contributed by atoms with Crippen molar-refractivity contribution in [2.24, 2.45) is 0 Å². The Morgan fingerprint density at radius 1 is 1.04 bits per heavy atom. The van der Waals surface area contributed by atoms with Gasteiger partial charge in [0.1, 0.15) is 11.6 Å². The van der Waals surface area contributed by atoms with Crippen LogP contribution in [0, 0.1) is 11.6 Å². The molecule has 1 fully saturated rings. The number of sulfonamides is 1. The number of nitrogens with one attached hydrogen (secondary N) is 1. The van der Waals surface area contributed by atoms with Crippen LogP contribution in [0.2, 0.25) is 0 Å². The number of hydrogen-bond acceptors (Lipinski definition) is 3. The van der Waals surface area contributed by atoms with Gasteiger partial charge in [-0.2, -0.15) is 0 Å². The van der Waals surface area contributed by atoms with Gasteiger partial charge < -0.3 is 4.90 Å². The second-order valence-electron chi connectivity index (χ2n) is 6.53. The zero-order chi connectivity index (χ0) is 20.1. The van der Waals surface area contributed by atoms with Crippen molar-refractivity contribution in [1.29, 1.82) is 0 Å². The fraction of sp³-hybridized carbons (Fsp3) is 0.250. The predicted molar refractivity (Wildman–Crippen MR) is 102 cm³/mol. The summed E-state index contributed by atoms with van der Waals surface area (Å²) in [6.07, 6.45) is 3.67. The molecule has 0 aromatic heterocycles. The van der Waals surface area contributed by atoms with Gasteiger partial charge in [-0.1, -0.05) is 18.2 Å². The first-order valence-electron chi connectivity index (χ1n) is 8.84. The molecule has 28 heavy (non-hydrogen) atoms. The summed E-state index contributed by atoms with van der Waals surface area (Å²) in [7, 11) is -3.74. The molecule has 1 aliphatic rings. The number of amides is 1. The fourth-order valence-corrected chi connectivity index (χ4v) is 4.30. The van der Waals surface area contributed by atoms with Gasteiger partial charge in [0.2, 0.25) is 15.9 Å². The molecule has 148 valence electrons. The number of halogens is 2. The molecule has 2 aromatic rings. The van der Waals surface area contributed by atoms with E-state index in [1.165, 1.54) is 30.4 Å². The summed E-state index contributed by atoms with van der Waals surface area (Å²) >= 11 is 0. The van der Waals surface area contributed by atoms with Gasteiger partial charge in [-0.05, 0) is 49.2 Å². The number of carbonyl (C=O) groups excluding carboxylic acids is 1. The Kier molecular flexibility index (Phi) is 6.21. The van der Waals surface area contributed by atoms with Gasteiger partial charge in [-0.3, -0.25) is 4.79 Å². The molecular weight excluding hydrogens is 386 g/mol. The van der Waals surface area contributed by atoms with Gasteiger partial charge in [0.25, 0.3) is 0 Å². The molecule has 5 nitrogen and oxygen atoms in total. The third kappa shape index (κ3) is 5.02. The van der Waals surface area contributed by atoms with Crippen LogP contribution in [0.1, 0.15) is 18.4 Å². The molecule has 0 atom stereocenters. The van der Waals surface area contributed by atoms with Crippen molar-refractivity contribution in [1.82, 2.24) is 9.62 Å². The highest BCUT2D eigenvalue weighted by atomic mass is 32.2. The first kappa shape index (κ1) is 20.2. The average Bonchev–Trinajstić information content (AvgIpc) is 2.68. The largest absolute Gasteiger partial charge is 0.339 e. The third-order valence-corrected chi connectivity index (χ3v) is 6.10. The molecule has 1 N–H and O–H groups in total. The van der Waals surface area contributed by atoms with Crippen LogP contribution in [-0.2, 0) is 14.8 Å². The summed E-state index contributed by atoms with van der Waals surface area (Å²) in [6.45, 7) is 0.772. The summed E-state index contributed by atoms with van der Waals surface area (Å²) in [4.78, 5) is 13.9. The monoisotopic (exact) mass is 406 g/mol. The lowest BCUT2D eigenvalue weighted by Gasteiger charge is -2.31. The molecule has 2 aromatic carbocycles. The van der Waals surface area contributed by atoms with Gasteiger partial charge in [-0.15, -0.1) is 0 Å². The van der Waals surface area contributed by atoms with E-state index in [9.17, 15) is 22.0 Å². The van der Waals surface area contributed by atoms with Gasteiger partial charge >= 0.3 is 0 Å². The Morgan fingerprint density at radius 3 is 2.32 bits per heavy atom. The maximum Gasteiger partial charge on any atom is 0.246 e. The topological polar surface area (TPSA) is 66.5 Å². The number of rotatable bonds is 5. The van der Waals surface area contributed by atoms with Crippen molar-refractivity contribution < 1.29 is 22.0 Å². The number of carbonyl (C=O) groups is 1. The van der Waals surface area contributed by atoms with E-state index >= 15 is 0 Å². The van der Waals surface area contributed by atoms with E-state index in [4.69, 9.17) is 0 Å². The fourth-order valence-electron chi connectivity index (χ4n) is 3.00. The third-order valence-electron chi connectivity index (χ3n) is 4.56. The standard InChI is InChI=1S/C20H20F2N2O3S/c21-16-6-8-18(9-7-16)28(26,27)23-17-11-13-24(14-12-17)20(25)10-5-15-3-1-2-4-19(15)22/h1-10,17,23H,11-14H2/b10-5+. The lowest BCUT2D eigenvalue weighted by molar-refractivity contribution is -0.126. The zero-order valence-electron chi connectivity index (χ0n) is 15.0. The van der Waals surface area contributed by atoms with Gasteiger partial charge in [0, 0.05) is 30.8 Å². The summed E-state index contributed by atoms with van der Waals surface area (Å²) in [5.41, 5.74) is 0.331. The maximum atomic E-state index is 13.6. The SMILES string of the molecule is O=C(/C=C/c1ccccc1F)N1CCC(NS(=O)(=O)c2ccc(F)cc2)CC1. The smallest absolute Gasteiger partial charge is 0.246 e. The van der Waals surface area contributed by atoms with Crippen molar-refractivity contribution in [3.63, 3.8) is 0 Å². The molecular formula is C20H20F2N2O3S. The van der Waals surface area contributed by atoms with E-state index in [0.717, 1.165) is 12.1 Å². The molecule has 0 unspecified atom stereocenters. The molecule has 0 radical (unpaired) electrons. The van der Waals surface area contributed by atoms with Crippen LogP contribution in [0.3, 0.4) is 0 Å². The highest BCUT2D eigenvalue weighted by molar-refractivity contribution is 7.89. The van der Waals surface area contributed by atoms with Crippen LogP contribution < -0.4 is 4.72 Å². The molecule has 1 aliphatic heterocycles. The van der Waals surface area contributed by atoms with Gasteiger partial charge in [0.05, 0.1) is 4.90 Å². The summed E-state index contributed by atoms with van der Waals surface area (Å²) < 4.78 is 53.9. The average molecular weight is 406 g/mol. The van der Waals surface area contributed by atoms with E-state index in [1.54, 1.807) is 23.1 Å². The van der Waals surface area contributed by atoms with Crippen molar-refractivity contribution in [2.75, 3.05) is 13.1 Å². The Hall–Kier alpha value is -2.58. The van der Waals surface area contributed by atoms with E-state index in [2.05, 4.69) is 4.72 Å². The first-order valence-corrected chi connectivity index (χ1v) is 10.3. The van der Waals surface area contributed by atoms with Crippen LogP contribution in [-0.4, -0.2) is 38.4 Å². The Morgan fingerprint density at radius 2 is 1.68 bits per heavy atom. The predicted octanol–water partition coefficient (Wildman–Crippen LogP) is 2.95. The number of nitrogens with zero attached hydrogens (tertiary/aromatic N) is 1. The molecule has 1 heterocycles. The maximum absolute atomic E-state index is 13.6. The van der Waals surface area contributed by atoms with Crippen molar-refractivity contribution >= 4 is 22.0 Å². The van der Waals surface area contributed by atoms with Gasteiger partial charge in [0.15, 0.2) is 0 Å². The van der Waals surface area contributed by atoms with Crippen LogP contribution in [0.5, 0.6) is 0 Å². The van der Waals surface area contributed by atoms with E-state index in [-0.39, 0.29) is 16.8 Å². The van der Waals surface area contributed by atoms with Crippen molar-refractivity contribution in [3.8, 4) is 0 Å². The zero-order valence-corrected chi connectivity index (χ0v) is 15.8. The highest BCUT2D eigenvalue weighted by Gasteiger charge is 2.26. The summed E-state index contributed by atoms with van der Waals surface area (Å²) in [5.74, 6) is -1.15. The second kappa shape index (κ2) is 8.62. The number of hydrogen-bond donors (Lipinski definition) is 1. The Bertz CT molecular complexity index is 967. The minimum absolute atomic E-state index is 0.000210. The van der Waals surface area contributed by atoms with Crippen molar-refractivity contribution in [2.45, 2.75) is 23.8 Å². The van der Waals surface area contributed by atoms with Crippen LogP contribution in [0.15, 0.2) is 59.5 Å². The highest BCUT2D eigenvalue weighted by Crippen LogP contribution is 2.16. The molecule has 8 heteroatoms. The molecule has 1 amide bonds. The number of piperidine rings is 1. The summed E-state index contributed by atoms with van der Waals surface area (Å²) in [6, 6.07) is 10.5. The van der Waals surface area contributed by atoms with Crippen molar-refractivity contribution in [3.05, 3.63) is 71.8 Å². The van der Waals surface area contributed by atoms with Crippen LogP contribution in [0.25, 0.3) is 6.08 Å². The number of benzene rings is 2. The molecule has 0 spiro atoms. The minimum atomic E-state index is -3.74. The lowest BCUT2D eigenvalue weighted by atomic mass is 10.1. The molecule has 0 bridgehead atoms. The van der Waals surface area contributed by atoms with Crippen LogP contribution >= 0.6 is 0 Å². The Labute approximate surface area is 162 Å². The molecule has 3 rings (SSSR count). The molecule has 0 saturated carbocycles. The Balaban J connectivity index is 1.55. The normalized spacial score (nSPS) is 15.9. The van der Waals surface area contributed by atoms with Gasteiger partial charge in [-0.25, -0.2) is 21.9 Å². The molecule has 1 saturated heterocycles. The summed E-state index contributed by atoms with van der Waals surface area (Å²) in [5, 5.41) is 0. The quantitative estimate of drug-likeness (QED) is 0.777. The van der Waals surface area contributed by atoms with Crippen LogP contribution in [0.4, 0.5) is 8.78 Å². The van der Waals surface area contributed by atoms with E-state index < -0.39 is 21.7 Å². The second-order valence-corrected chi connectivity index (χ2v) is 8.24. The van der Waals surface area contributed by atoms with E-state index in [0.29, 0.717) is 31.5 Å². The first-order chi connectivity index (χ1) is 13.3. The number of likely N-dealkylation sites (tertiary alicyclic amines) is 1. The molecule has 0 aliphatic carbocycles. The lowest BCUT2D eigenvalue weighted by Crippen LogP contribution is -2.46. The minimum Gasteiger partial charge on any atom is -0.339 e.